The summed E-state index contributed by atoms with van der Waals surface area (Å²) >= 11 is 0. The molecular formula is C25H38N4O3. The number of carbonyl (C=O) groups is 3. The summed E-state index contributed by atoms with van der Waals surface area (Å²) in [4.78, 5) is 42.0. The van der Waals surface area contributed by atoms with Gasteiger partial charge in [0.2, 0.25) is 5.91 Å². The van der Waals surface area contributed by atoms with Crippen molar-refractivity contribution < 1.29 is 14.4 Å². The van der Waals surface area contributed by atoms with E-state index >= 15 is 0 Å². The molecule has 4 amide bonds. The van der Waals surface area contributed by atoms with Crippen LogP contribution >= 0.6 is 0 Å². The van der Waals surface area contributed by atoms with Crippen molar-refractivity contribution in [1.82, 2.24) is 20.4 Å². The molecule has 1 aromatic rings. The Morgan fingerprint density at radius 1 is 1.16 bits per heavy atom. The summed E-state index contributed by atoms with van der Waals surface area (Å²) < 4.78 is 0. The van der Waals surface area contributed by atoms with Crippen LogP contribution in [0.15, 0.2) is 24.3 Å². The van der Waals surface area contributed by atoms with E-state index < -0.39 is 11.6 Å². The van der Waals surface area contributed by atoms with E-state index in [0.29, 0.717) is 25.3 Å². The van der Waals surface area contributed by atoms with Gasteiger partial charge < -0.3 is 10.6 Å². The minimum absolute atomic E-state index is 0.0343. The predicted octanol–water partition coefficient (Wildman–Crippen LogP) is 3.28. The molecule has 2 N–H and O–H groups in total. The van der Waals surface area contributed by atoms with Gasteiger partial charge in [0.25, 0.3) is 5.91 Å². The third-order valence-electron chi connectivity index (χ3n) is 6.81. The molecule has 0 radical (unpaired) electrons. The van der Waals surface area contributed by atoms with Gasteiger partial charge in [-0.2, -0.15) is 0 Å². The summed E-state index contributed by atoms with van der Waals surface area (Å²) in [6.07, 6.45) is 2.24. The standard InChI is InChI=1S/C25H38N4O3/c1-6-28(7-2)15-20-11-9-8-10-19(20)14-26-21(30)16-29-22(31)25(27-23(29)32)13-18(3)12-24(4,5)17-25/h8-11,18H,6-7,12-17H2,1-5H3,(H,26,30)(H,27,32). The number of imide groups is 1. The van der Waals surface area contributed by atoms with Crippen molar-refractivity contribution >= 4 is 17.8 Å². The van der Waals surface area contributed by atoms with E-state index in [9.17, 15) is 14.4 Å². The number of hydrogen-bond donors (Lipinski definition) is 2. The molecule has 32 heavy (non-hydrogen) atoms. The maximum Gasteiger partial charge on any atom is 0.325 e. The van der Waals surface area contributed by atoms with Crippen LogP contribution < -0.4 is 10.6 Å². The van der Waals surface area contributed by atoms with Crippen LogP contribution in [0.4, 0.5) is 4.79 Å². The highest BCUT2D eigenvalue weighted by molar-refractivity contribution is 6.09. The van der Waals surface area contributed by atoms with Crippen molar-refractivity contribution in [1.29, 1.82) is 0 Å². The van der Waals surface area contributed by atoms with Gasteiger partial charge in [0.05, 0.1) is 0 Å². The summed E-state index contributed by atoms with van der Waals surface area (Å²) in [5, 5.41) is 5.83. The largest absolute Gasteiger partial charge is 0.350 e. The van der Waals surface area contributed by atoms with Gasteiger partial charge in [0.1, 0.15) is 12.1 Å². The highest BCUT2D eigenvalue weighted by atomic mass is 16.2. The van der Waals surface area contributed by atoms with E-state index in [2.05, 4.69) is 56.2 Å². The van der Waals surface area contributed by atoms with E-state index in [0.717, 1.165) is 36.5 Å². The second kappa shape index (κ2) is 9.61. The fourth-order valence-electron chi connectivity index (χ4n) is 5.62. The number of benzene rings is 1. The molecule has 1 heterocycles. The van der Waals surface area contributed by atoms with Crippen LogP contribution in [-0.2, 0) is 22.7 Å². The zero-order valence-electron chi connectivity index (χ0n) is 20.2. The molecule has 2 fully saturated rings. The molecule has 176 valence electrons. The van der Waals surface area contributed by atoms with E-state index in [4.69, 9.17) is 0 Å². The van der Waals surface area contributed by atoms with E-state index in [1.165, 1.54) is 5.56 Å². The second-order valence-electron chi connectivity index (χ2n) is 10.3. The predicted molar refractivity (Wildman–Crippen MR) is 125 cm³/mol. The van der Waals surface area contributed by atoms with Gasteiger partial charge in [-0.3, -0.25) is 19.4 Å². The fraction of sp³-hybridized carbons (Fsp3) is 0.640. The number of amides is 4. The first-order valence-corrected chi connectivity index (χ1v) is 11.8. The molecular weight excluding hydrogens is 404 g/mol. The zero-order valence-corrected chi connectivity index (χ0v) is 20.2. The topological polar surface area (TPSA) is 81.8 Å². The van der Waals surface area contributed by atoms with Gasteiger partial charge in [0, 0.05) is 13.1 Å². The Hall–Kier alpha value is -2.41. The van der Waals surface area contributed by atoms with Crippen molar-refractivity contribution in [2.24, 2.45) is 11.3 Å². The average molecular weight is 443 g/mol. The minimum atomic E-state index is -0.880. The Morgan fingerprint density at radius 3 is 2.44 bits per heavy atom. The first-order valence-electron chi connectivity index (χ1n) is 11.8. The van der Waals surface area contributed by atoms with Gasteiger partial charge in [0.15, 0.2) is 0 Å². The van der Waals surface area contributed by atoms with Crippen LogP contribution in [0.25, 0.3) is 0 Å². The Morgan fingerprint density at radius 2 is 1.81 bits per heavy atom. The molecule has 1 aliphatic carbocycles. The molecule has 1 saturated carbocycles. The molecule has 7 nitrogen and oxygen atoms in total. The Labute approximate surface area is 191 Å². The quantitative estimate of drug-likeness (QED) is 0.606. The van der Waals surface area contributed by atoms with Crippen LogP contribution in [-0.4, -0.2) is 52.8 Å². The number of rotatable bonds is 8. The van der Waals surface area contributed by atoms with E-state index in [1.807, 2.05) is 18.2 Å². The average Bonchev–Trinajstić information content (AvgIpc) is 2.92. The highest BCUT2D eigenvalue weighted by Gasteiger charge is 2.56. The normalized spacial score (nSPS) is 24.8. The lowest BCUT2D eigenvalue weighted by Gasteiger charge is -2.43. The summed E-state index contributed by atoms with van der Waals surface area (Å²) in [5.41, 5.74) is 1.30. The highest BCUT2D eigenvalue weighted by Crippen LogP contribution is 2.46. The monoisotopic (exact) mass is 442 g/mol. The number of urea groups is 1. The number of hydrogen-bond acceptors (Lipinski definition) is 4. The summed E-state index contributed by atoms with van der Waals surface area (Å²) in [6, 6.07) is 7.58. The lowest BCUT2D eigenvalue weighted by Crippen LogP contribution is -2.54. The molecule has 7 heteroatoms. The maximum atomic E-state index is 13.2. The number of nitrogens with zero attached hydrogens (tertiary/aromatic N) is 2. The summed E-state index contributed by atoms with van der Waals surface area (Å²) in [5.74, 6) is -0.260. The van der Waals surface area contributed by atoms with Gasteiger partial charge in [-0.25, -0.2) is 4.79 Å². The van der Waals surface area contributed by atoms with Crippen molar-refractivity contribution in [3.8, 4) is 0 Å². The van der Waals surface area contributed by atoms with Crippen LogP contribution in [0.2, 0.25) is 0 Å². The van der Waals surface area contributed by atoms with Gasteiger partial charge in [-0.05, 0) is 54.8 Å². The van der Waals surface area contributed by atoms with Gasteiger partial charge in [-0.15, -0.1) is 0 Å². The number of nitrogens with one attached hydrogen (secondary N) is 2. The second-order valence-corrected chi connectivity index (χ2v) is 10.3. The van der Waals surface area contributed by atoms with Crippen LogP contribution in [0.5, 0.6) is 0 Å². The maximum absolute atomic E-state index is 13.2. The smallest absolute Gasteiger partial charge is 0.325 e. The van der Waals surface area contributed by atoms with Crippen molar-refractivity contribution in [3.63, 3.8) is 0 Å². The third-order valence-corrected chi connectivity index (χ3v) is 6.81. The molecule has 2 unspecified atom stereocenters. The van der Waals surface area contributed by atoms with Crippen molar-refractivity contribution in [3.05, 3.63) is 35.4 Å². The third kappa shape index (κ3) is 5.31. The lowest BCUT2D eigenvalue weighted by molar-refractivity contribution is -0.137. The van der Waals surface area contributed by atoms with Gasteiger partial charge >= 0.3 is 6.03 Å². The van der Waals surface area contributed by atoms with E-state index in [-0.39, 0.29) is 23.8 Å². The van der Waals surface area contributed by atoms with Gasteiger partial charge in [-0.1, -0.05) is 58.9 Å². The SMILES string of the molecule is CCN(CC)Cc1ccccc1CNC(=O)CN1C(=O)NC2(CC(C)CC(C)(C)C2)C1=O. The molecule has 2 atom stereocenters. The molecule has 0 bridgehead atoms. The Bertz CT molecular complexity index is 864. The first kappa shape index (κ1) is 24.2. The summed E-state index contributed by atoms with van der Waals surface area (Å²) in [7, 11) is 0. The molecule has 2 aliphatic rings. The van der Waals surface area contributed by atoms with Crippen LogP contribution in [0.1, 0.15) is 65.0 Å². The molecule has 1 aliphatic heterocycles. The molecule has 1 saturated heterocycles. The Kier molecular flexibility index (Phi) is 7.28. The fourth-order valence-corrected chi connectivity index (χ4v) is 5.62. The van der Waals surface area contributed by atoms with Crippen LogP contribution in [0, 0.1) is 11.3 Å². The van der Waals surface area contributed by atoms with Crippen molar-refractivity contribution in [2.45, 2.75) is 72.5 Å². The lowest BCUT2D eigenvalue weighted by atomic mass is 9.64. The number of carbonyl (C=O) groups excluding carboxylic acids is 3. The first-order chi connectivity index (χ1) is 15.1. The van der Waals surface area contributed by atoms with Crippen molar-refractivity contribution in [2.75, 3.05) is 19.6 Å². The molecule has 1 spiro atoms. The molecule has 3 rings (SSSR count). The molecule has 1 aromatic carbocycles. The summed E-state index contributed by atoms with van der Waals surface area (Å²) in [6.45, 7) is 13.5. The molecule has 0 aromatic heterocycles. The van der Waals surface area contributed by atoms with Crippen LogP contribution in [0.3, 0.4) is 0 Å². The zero-order chi connectivity index (χ0) is 23.5. The Balaban J connectivity index is 1.63. The minimum Gasteiger partial charge on any atom is -0.350 e. The van der Waals surface area contributed by atoms with E-state index in [1.54, 1.807) is 0 Å².